The van der Waals surface area contributed by atoms with Gasteiger partial charge in [0.1, 0.15) is 6.04 Å². The van der Waals surface area contributed by atoms with Crippen LogP contribution in [0.15, 0.2) is 53.7 Å². The van der Waals surface area contributed by atoms with Crippen LogP contribution in [0.1, 0.15) is 55.6 Å². The van der Waals surface area contributed by atoms with Crippen molar-refractivity contribution in [2.45, 2.75) is 44.0 Å². The van der Waals surface area contributed by atoms with Crippen LogP contribution in [0.2, 0.25) is 0 Å². The molecular formula is C20H23N3S. The van der Waals surface area contributed by atoms with E-state index in [0.717, 1.165) is 12.2 Å². The van der Waals surface area contributed by atoms with Crippen molar-refractivity contribution in [2.75, 3.05) is 6.54 Å². The number of hydrogen-bond donors (Lipinski definition) is 0. The number of aromatic nitrogens is 1. The minimum atomic E-state index is 0.0890. The van der Waals surface area contributed by atoms with E-state index in [9.17, 15) is 0 Å². The lowest BCUT2D eigenvalue weighted by Gasteiger charge is -2.27. The predicted octanol–water partition coefficient (Wildman–Crippen LogP) is 4.79. The molecule has 0 N–H and O–H groups in total. The zero-order chi connectivity index (χ0) is 16.7. The maximum absolute atomic E-state index is 5.03. The number of thioether (sulfide) groups is 1. The molecule has 2 aliphatic heterocycles. The van der Waals surface area contributed by atoms with Crippen molar-refractivity contribution in [3.63, 3.8) is 0 Å². The lowest BCUT2D eigenvalue weighted by atomic mass is 9.94. The molecule has 4 rings (SSSR count). The van der Waals surface area contributed by atoms with Gasteiger partial charge in [0, 0.05) is 18.0 Å². The summed E-state index contributed by atoms with van der Waals surface area (Å²) in [6.45, 7) is 7.81. The van der Waals surface area contributed by atoms with Gasteiger partial charge in [0.2, 0.25) is 0 Å². The van der Waals surface area contributed by atoms with Gasteiger partial charge in [-0.2, -0.15) is 0 Å². The molecule has 1 saturated heterocycles. The largest absolute Gasteiger partial charge is 0.341 e. The van der Waals surface area contributed by atoms with Crippen LogP contribution in [-0.4, -0.2) is 26.8 Å². The molecule has 4 heteroatoms. The zero-order valence-electron chi connectivity index (χ0n) is 14.4. The first kappa shape index (κ1) is 15.7. The molecule has 2 aliphatic rings. The van der Waals surface area contributed by atoms with Gasteiger partial charge in [-0.25, -0.2) is 0 Å². The summed E-state index contributed by atoms with van der Waals surface area (Å²) in [4.78, 5) is 12.1. The molecule has 1 aromatic heterocycles. The Bertz CT molecular complexity index is 739. The zero-order valence-corrected chi connectivity index (χ0v) is 15.2. The van der Waals surface area contributed by atoms with E-state index < -0.39 is 0 Å². The van der Waals surface area contributed by atoms with Gasteiger partial charge in [-0.15, -0.1) is 0 Å². The number of aliphatic imine (C=N–C) groups is 1. The van der Waals surface area contributed by atoms with Gasteiger partial charge in [0.25, 0.3) is 0 Å². The van der Waals surface area contributed by atoms with Crippen molar-refractivity contribution in [2.24, 2.45) is 4.99 Å². The summed E-state index contributed by atoms with van der Waals surface area (Å²) in [6.07, 6.45) is 1.87. The first-order chi connectivity index (χ1) is 11.6. The molecule has 3 nitrogen and oxygen atoms in total. The van der Waals surface area contributed by atoms with E-state index in [1.54, 1.807) is 0 Å². The molecule has 2 aromatic rings. The molecule has 0 aliphatic carbocycles. The van der Waals surface area contributed by atoms with Crippen molar-refractivity contribution >= 4 is 16.9 Å². The average Bonchev–Trinajstić information content (AvgIpc) is 3.11. The van der Waals surface area contributed by atoms with Crippen LogP contribution in [0, 0.1) is 0 Å². The molecule has 0 radical (unpaired) electrons. The number of fused-ring (bicyclic) bond motifs is 1. The topological polar surface area (TPSA) is 28.5 Å². The third-order valence-electron chi connectivity index (χ3n) is 4.83. The summed E-state index contributed by atoms with van der Waals surface area (Å²) in [6, 6.07) is 15.6. The predicted molar refractivity (Wildman–Crippen MR) is 101 cm³/mol. The van der Waals surface area contributed by atoms with Crippen molar-refractivity contribution < 1.29 is 0 Å². The Balaban J connectivity index is 1.72. The van der Waals surface area contributed by atoms with E-state index >= 15 is 0 Å². The number of hydrogen-bond acceptors (Lipinski definition) is 4. The first-order valence-electron chi connectivity index (χ1n) is 8.65. The standard InChI is InChI=1S/C20H23N3S/c1-13(2)15-7-9-16(10-8-15)19-18(17-6-4-5-11-21-17)22-20-23(19)12-14(3)24-20/h4-11,13-14,18-19H,12H2,1-3H3/t14-,18-,19-/m1/s1. The lowest BCUT2D eigenvalue weighted by molar-refractivity contribution is 0.321. The Morgan fingerprint density at radius 1 is 1.12 bits per heavy atom. The molecule has 1 aromatic carbocycles. The first-order valence-corrected chi connectivity index (χ1v) is 9.53. The minimum absolute atomic E-state index is 0.0890. The fraction of sp³-hybridized carbons (Fsp3) is 0.400. The van der Waals surface area contributed by atoms with Crippen LogP contribution >= 0.6 is 11.8 Å². The highest BCUT2D eigenvalue weighted by molar-refractivity contribution is 8.14. The molecule has 1 fully saturated rings. The molecule has 124 valence electrons. The molecular weight excluding hydrogens is 314 g/mol. The van der Waals surface area contributed by atoms with Crippen LogP contribution < -0.4 is 0 Å². The van der Waals surface area contributed by atoms with Crippen LogP contribution in [0.5, 0.6) is 0 Å². The fourth-order valence-corrected chi connectivity index (χ4v) is 4.65. The monoisotopic (exact) mass is 337 g/mol. The Morgan fingerprint density at radius 2 is 1.92 bits per heavy atom. The van der Waals surface area contributed by atoms with Gasteiger partial charge in [-0.1, -0.05) is 62.9 Å². The normalized spacial score (nSPS) is 25.9. The summed E-state index contributed by atoms with van der Waals surface area (Å²) in [5.74, 6) is 0.559. The van der Waals surface area contributed by atoms with Gasteiger partial charge < -0.3 is 4.90 Å². The van der Waals surface area contributed by atoms with Crippen LogP contribution in [0.3, 0.4) is 0 Å². The van der Waals surface area contributed by atoms with Crippen LogP contribution in [0.25, 0.3) is 0 Å². The Morgan fingerprint density at radius 3 is 2.58 bits per heavy atom. The second kappa shape index (κ2) is 6.25. The molecule has 0 bridgehead atoms. The smallest absolute Gasteiger partial charge is 0.160 e. The number of pyridine rings is 1. The SMILES string of the molecule is CC(C)c1ccc([C@@H]2[C@@H](c3ccccn3)N=C3S[C@H](C)CN32)cc1. The van der Waals surface area contributed by atoms with E-state index in [2.05, 4.69) is 67.1 Å². The third-order valence-corrected chi connectivity index (χ3v) is 5.93. The molecule has 0 unspecified atom stereocenters. The summed E-state index contributed by atoms with van der Waals surface area (Å²) >= 11 is 1.89. The summed E-state index contributed by atoms with van der Waals surface area (Å²) < 4.78 is 0. The van der Waals surface area contributed by atoms with Gasteiger partial charge in [0.15, 0.2) is 5.17 Å². The highest BCUT2D eigenvalue weighted by atomic mass is 32.2. The Hall–Kier alpha value is -1.81. The van der Waals surface area contributed by atoms with Crippen LogP contribution in [0.4, 0.5) is 0 Å². The van der Waals surface area contributed by atoms with Crippen molar-refractivity contribution in [3.8, 4) is 0 Å². The van der Waals surface area contributed by atoms with Crippen molar-refractivity contribution in [3.05, 3.63) is 65.5 Å². The molecule has 3 atom stereocenters. The Kier molecular flexibility index (Phi) is 4.09. The van der Waals surface area contributed by atoms with Crippen molar-refractivity contribution in [1.29, 1.82) is 0 Å². The average molecular weight is 337 g/mol. The molecule has 0 saturated carbocycles. The summed E-state index contributed by atoms with van der Waals surface area (Å²) in [5, 5.41) is 1.78. The maximum atomic E-state index is 5.03. The quantitative estimate of drug-likeness (QED) is 0.806. The third kappa shape index (κ3) is 2.73. The van der Waals surface area contributed by atoms with E-state index in [-0.39, 0.29) is 12.1 Å². The lowest BCUT2D eigenvalue weighted by Crippen LogP contribution is -2.28. The molecule has 0 spiro atoms. The highest BCUT2D eigenvalue weighted by Crippen LogP contribution is 2.47. The molecule has 3 heterocycles. The van der Waals surface area contributed by atoms with E-state index in [4.69, 9.17) is 4.99 Å². The second-order valence-corrected chi connectivity index (χ2v) is 8.36. The minimum Gasteiger partial charge on any atom is -0.341 e. The maximum Gasteiger partial charge on any atom is 0.160 e. The van der Waals surface area contributed by atoms with Gasteiger partial charge in [0.05, 0.1) is 11.7 Å². The number of benzene rings is 1. The van der Waals surface area contributed by atoms with Crippen molar-refractivity contribution in [1.82, 2.24) is 9.88 Å². The molecule has 0 amide bonds. The number of nitrogens with zero attached hydrogens (tertiary/aromatic N) is 3. The summed E-state index contributed by atoms with van der Waals surface area (Å²) in [7, 11) is 0. The van der Waals surface area contributed by atoms with Gasteiger partial charge in [-0.3, -0.25) is 9.98 Å². The van der Waals surface area contributed by atoms with E-state index in [1.165, 1.54) is 16.3 Å². The number of rotatable bonds is 3. The number of amidine groups is 1. The fourth-order valence-electron chi connectivity index (χ4n) is 3.56. The summed E-state index contributed by atoms with van der Waals surface area (Å²) in [5.41, 5.74) is 3.78. The van der Waals surface area contributed by atoms with Crippen LogP contribution in [-0.2, 0) is 0 Å². The van der Waals surface area contributed by atoms with E-state index in [0.29, 0.717) is 11.2 Å². The highest BCUT2D eigenvalue weighted by Gasteiger charge is 2.43. The second-order valence-electron chi connectivity index (χ2n) is 6.96. The Labute approximate surface area is 148 Å². The van der Waals surface area contributed by atoms with Gasteiger partial charge >= 0.3 is 0 Å². The molecule has 24 heavy (non-hydrogen) atoms. The van der Waals surface area contributed by atoms with Gasteiger partial charge in [-0.05, 0) is 29.2 Å². The van der Waals surface area contributed by atoms with E-state index in [1.807, 2.05) is 24.0 Å².